The number of thiazole rings is 1. The number of nitrogens with one attached hydrogen (secondary N) is 2. The second-order valence-electron chi connectivity index (χ2n) is 10.6. The van der Waals surface area contributed by atoms with E-state index in [-0.39, 0.29) is 41.0 Å². The Morgan fingerprint density at radius 3 is 2.40 bits per heavy atom. The van der Waals surface area contributed by atoms with Crippen molar-refractivity contribution in [1.29, 1.82) is 0 Å². The second kappa shape index (κ2) is 13.3. The number of aromatic nitrogens is 1. The lowest BCUT2D eigenvalue weighted by molar-refractivity contribution is -0.384. The molecule has 0 unspecified atom stereocenters. The Morgan fingerprint density at radius 2 is 1.73 bits per heavy atom. The van der Waals surface area contributed by atoms with Crippen LogP contribution in [0.5, 0.6) is 11.5 Å². The number of non-ortho nitro benzene ring substituents is 1. The summed E-state index contributed by atoms with van der Waals surface area (Å²) < 4.78 is 16.3. The van der Waals surface area contributed by atoms with Gasteiger partial charge in [-0.25, -0.2) is 9.69 Å². The van der Waals surface area contributed by atoms with E-state index in [0.29, 0.717) is 26.7 Å². The zero-order valence-electron chi connectivity index (χ0n) is 25.3. The molecule has 2 N–H and O–H groups in total. The average Bonchev–Trinajstić information content (AvgIpc) is 3.57. The van der Waals surface area contributed by atoms with Crippen LogP contribution >= 0.6 is 23.1 Å². The van der Waals surface area contributed by atoms with E-state index >= 15 is 0 Å². The SMILES string of the molecule is CCOC(=O)c1ccc(NC(=O)COc2ccc([C@@H]3c4sc(=O)[nH]c4S[C@H]4C(=O)N(c5ccc([N+](=O)[O-])cc5)C(=O)[C@@H]34)cc2OC)cc1. The molecule has 0 aliphatic carbocycles. The van der Waals surface area contributed by atoms with Crippen LogP contribution in [-0.4, -0.2) is 59.2 Å². The number of carbonyl (C=O) groups excluding carboxylic acids is 4. The van der Waals surface area contributed by atoms with Gasteiger partial charge in [-0.1, -0.05) is 29.2 Å². The predicted molar refractivity (Wildman–Crippen MR) is 175 cm³/mol. The Bertz CT molecular complexity index is 1990. The maximum atomic E-state index is 14.0. The molecule has 48 heavy (non-hydrogen) atoms. The van der Waals surface area contributed by atoms with Gasteiger partial charge >= 0.3 is 10.8 Å². The lowest BCUT2D eigenvalue weighted by Gasteiger charge is -2.30. The molecular formula is C32H26N4O10S2. The number of hydrogen-bond donors (Lipinski definition) is 2. The molecule has 3 amide bonds. The number of hydrogen-bond acceptors (Lipinski definition) is 12. The van der Waals surface area contributed by atoms with Gasteiger partial charge in [-0.2, -0.15) is 0 Å². The molecule has 4 aromatic rings. The van der Waals surface area contributed by atoms with Gasteiger partial charge in [0.05, 0.1) is 40.8 Å². The minimum absolute atomic E-state index is 0.182. The quantitative estimate of drug-likeness (QED) is 0.104. The standard InChI is InChI=1S/C32H26N4O10S2/c1-3-45-31(40)16-4-7-18(8-5-16)33-23(37)15-46-21-13-6-17(14-22(21)44-2)24-25-27(47-28-26(24)48-32(41)34-28)30(39)35(29(25)38)19-9-11-20(12-10-19)36(42)43/h4-14,24-25,27H,3,15H2,1-2H3,(H,33,37)(H,34,41)/t24-,25-,27+/m0/s1. The van der Waals surface area contributed by atoms with Crippen molar-refractivity contribution in [2.75, 3.05) is 30.5 Å². The van der Waals surface area contributed by atoms with Crippen molar-refractivity contribution < 1.29 is 38.3 Å². The lowest BCUT2D eigenvalue weighted by Crippen LogP contribution is -2.32. The maximum absolute atomic E-state index is 14.0. The third-order valence-electron chi connectivity index (χ3n) is 7.73. The summed E-state index contributed by atoms with van der Waals surface area (Å²) in [6.07, 6.45) is 0. The molecule has 3 atom stereocenters. The van der Waals surface area contributed by atoms with E-state index in [9.17, 15) is 34.1 Å². The molecule has 1 saturated heterocycles. The summed E-state index contributed by atoms with van der Waals surface area (Å²) in [7, 11) is 1.41. The fourth-order valence-electron chi connectivity index (χ4n) is 5.60. The summed E-state index contributed by atoms with van der Waals surface area (Å²) in [5.74, 6) is -3.06. The van der Waals surface area contributed by atoms with Gasteiger partial charge in [0.15, 0.2) is 18.1 Å². The maximum Gasteiger partial charge on any atom is 0.338 e. The largest absolute Gasteiger partial charge is 0.493 e. The molecule has 2 aliphatic rings. The Balaban J connectivity index is 1.23. The number of fused-ring (bicyclic) bond motifs is 2. The number of esters is 1. The molecule has 3 aromatic carbocycles. The first-order valence-corrected chi connectivity index (χ1v) is 16.2. The van der Waals surface area contributed by atoms with E-state index in [1.165, 1.54) is 43.5 Å². The molecule has 14 nitrogen and oxygen atoms in total. The summed E-state index contributed by atoms with van der Waals surface area (Å²) in [6, 6.07) is 16.3. The van der Waals surface area contributed by atoms with Gasteiger partial charge in [-0.05, 0) is 61.0 Å². The molecule has 1 aromatic heterocycles. The fourth-order valence-corrected chi connectivity index (χ4v) is 8.11. The zero-order chi connectivity index (χ0) is 34.1. The second-order valence-corrected chi connectivity index (χ2v) is 12.7. The van der Waals surface area contributed by atoms with E-state index < -0.39 is 45.7 Å². The van der Waals surface area contributed by atoms with Crippen LogP contribution in [0.4, 0.5) is 17.1 Å². The van der Waals surface area contributed by atoms with Crippen LogP contribution in [0, 0.1) is 16.0 Å². The van der Waals surface area contributed by atoms with Gasteiger partial charge < -0.3 is 24.5 Å². The molecule has 2 aliphatic heterocycles. The third-order valence-corrected chi connectivity index (χ3v) is 10.1. The number of carbonyl (C=O) groups is 4. The Kier molecular flexibility index (Phi) is 9.01. The van der Waals surface area contributed by atoms with Gasteiger partial charge in [0.25, 0.3) is 11.6 Å². The van der Waals surface area contributed by atoms with Gasteiger partial charge in [-0.3, -0.25) is 29.3 Å². The normalized spacial score (nSPS) is 18.1. The summed E-state index contributed by atoms with van der Waals surface area (Å²) >= 11 is 2.05. The molecule has 0 saturated carbocycles. The molecule has 246 valence electrons. The number of nitrogens with zero attached hydrogens (tertiary/aromatic N) is 2. The molecule has 1 fully saturated rings. The highest BCUT2D eigenvalue weighted by molar-refractivity contribution is 8.00. The van der Waals surface area contributed by atoms with Crippen LogP contribution in [0.3, 0.4) is 0 Å². The number of amides is 3. The summed E-state index contributed by atoms with van der Waals surface area (Å²) in [5, 5.41) is 13.4. The van der Waals surface area contributed by atoms with E-state index in [1.807, 2.05) is 0 Å². The number of benzene rings is 3. The minimum Gasteiger partial charge on any atom is -0.493 e. The van der Waals surface area contributed by atoms with E-state index in [4.69, 9.17) is 14.2 Å². The number of imide groups is 1. The number of aromatic amines is 1. The van der Waals surface area contributed by atoms with Crippen LogP contribution in [0.25, 0.3) is 0 Å². The molecule has 0 spiro atoms. The van der Waals surface area contributed by atoms with Crippen LogP contribution in [0.1, 0.15) is 33.6 Å². The number of anilines is 2. The molecule has 0 bridgehead atoms. The van der Waals surface area contributed by atoms with E-state index in [1.54, 1.807) is 37.3 Å². The fraction of sp³-hybridized carbons (Fsp3) is 0.219. The average molecular weight is 691 g/mol. The summed E-state index contributed by atoms with van der Waals surface area (Å²) in [5.41, 5.74) is 1.39. The molecule has 3 heterocycles. The highest BCUT2D eigenvalue weighted by Gasteiger charge is 2.56. The smallest absolute Gasteiger partial charge is 0.338 e. The number of nitro groups is 1. The molecule has 6 rings (SSSR count). The van der Waals surface area contributed by atoms with E-state index in [0.717, 1.165) is 28.0 Å². The highest BCUT2D eigenvalue weighted by atomic mass is 32.2. The zero-order valence-corrected chi connectivity index (χ0v) is 26.9. The van der Waals surface area contributed by atoms with Crippen molar-refractivity contribution in [3.8, 4) is 11.5 Å². The Morgan fingerprint density at radius 1 is 1.00 bits per heavy atom. The topological polar surface area (TPSA) is 187 Å². The van der Waals surface area contributed by atoms with Crippen molar-refractivity contribution in [1.82, 2.24) is 4.98 Å². The molecule has 16 heteroatoms. The van der Waals surface area contributed by atoms with Crippen molar-refractivity contribution >= 4 is 63.9 Å². The van der Waals surface area contributed by atoms with Gasteiger partial charge in [0.1, 0.15) is 5.25 Å². The van der Waals surface area contributed by atoms with Crippen molar-refractivity contribution in [3.63, 3.8) is 0 Å². The van der Waals surface area contributed by atoms with Crippen molar-refractivity contribution in [3.05, 3.63) is 103 Å². The highest BCUT2D eigenvalue weighted by Crippen LogP contribution is 2.53. The molecule has 0 radical (unpaired) electrons. The first-order chi connectivity index (χ1) is 23.1. The van der Waals surface area contributed by atoms with Crippen molar-refractivity contribution in [2.45, 2.75) is 23.1 Å². The van der Waals surface area contributed by atoms with Crippen LogP contribution < -0.4 is 24.6 Å². The van der Waals surface area contributed by atoms with E-state index in [2.05, 4.69) is 10.3 Å². The monoisotopic (exact) mass is 690 g/mol. The summed E-state index contributed by atoms with van der Waals surface area (Å²) in [6.45, 7) is 1.58. The van der Waals surface area contributed by atoms with Crippen LogP contribution in [0.15, 0.2) is 76.6 Å². The number of methoxy groups -OCH3 is 1. The lowest BCUT2D eigenvalue weighted by atomic mass is 9.83. The third kappa shape index (κ3) is 6.14. The number of rotatable bonds is 10. The first-order valence-electron chi connectivity index (χ1n) is 14.5. The Labute approximate surface area is 280 Å². The summed E-state index contributed by atoms with van der Waals surface area (Å²) in [4.78, 5) is 79.2. The molecular weight excluding hydrogens is 665 g/mol. The van der Waals surface area contributed by atoms with Crippen LogP contribution in [-0.2, 0) is 19.1 Å². The predicted octanol–water partition coefficient (Wildman–Crippen LogP) is 4.34. The number of H-pyrrole nitrogens is 1. The van der Waals surface area contributed by atoms with Gasteiger partial charge in [0, 0.05) is 28.6 Å². The number of thioether (sulfide) groups is 1. The van der Waals surface area contributed by atoms with Crippen LogP contribution in [0.2, 0.25) is 0 Å². The number of nitro benzene ring substituents is 1. The van der Waals surface area contributed by atoms with Crippen molar-refractivity contribution in [2.24, 2.45) is 5.92 Å². The Hall–Kier alpha value is -5.48. The van der Waals surface area contributed by atoms with Gasteiger partial charge in [0.2, 0.25) is 11.8 Å². The minimum atomic E-state index is -0.894. The number of ether oxygens (including phenoxy) is 3. The van der Waals surface area contributed by atoms with Gasteiger partial charge in [-0.15, -0.1) is 0 Å². The first kappa shape index (κ1) is 32.5.